The maximum atomic E-state index is 12.1. The second kappa shape index (κ2) is 4.80. The Balaban J connectivity index is 2.35. The summed E-state index contributed by atoms with van der Waals surface area (Å²) in [5, 5.41) is 0. The molecule has 3 N–H and O–H groups in total. The van der Waals surface area contributed by atoms with Crippen molar-refractivity contribution in [3.05, 3.63) is 42.1 Å². The van der Waals surface area contributed by atoms with Gasteiger partial charge in [0.25, 0.3) is 0 Å². The van der Waals surface area contributed by atoms with E-state index in [2.05, 4.69) is 4.98 Å². The SMILES string of the molecule is CC(C)(C)OC(=O)c1cc[nH]c1-c1cccc(N)c1. The number of nitrogen functional groups attached to an aromatic ring is 1. The van der Waals surface area contributed by atoms with Crippen LogP contribution in [-0.4, -0.2) is 16.6 Å². The Morgan fingerprint density at radius 2 is 2.00 bits per heavy atom. The van der Waals surface area contributed by atoms with Crippen LogP contribution in [0.25, 0.3) is 11.3 Å². The summed E-state index contributed by atoms with van der Waals surface area (Å²) in [5.41, 5.74) is 8.01. The third-order valence-corrected chi connectivity index (χ3v) is 2.54. The number of rotatable bonds is 2. The number of benzene rings is 1. The third-order valence-electron chi connectivity index (χ3n) is 2.54. The summed E-state index contributed by atoms with van der Waals surface area (Å²) in [6.07, 6.45) is 1.72. The van der Waals surface area contributed by atoms with Crippen molar-refractivity contribution in [1.29, 1.82) is 0 Å². The lowest BCUT2D eigenvalue weighted by molar-refractivity contribution is 0.00707. The predicted molar refractivity (Wildman–Crippen MR) is 75.8 cm³/mol. The fraction of sp³-hybridized carbons (Fsp3) is 0.267. The van der Waals surface area contributed by atoms with Gasteiger partial charge in [-0.1, -0.05) is 12.1 Å². The number of carbonyl (C=O) groups excluding carboxylic acids is 1. The van der Waals surface area contributed by atoms with Gasteiger partial charge in [0.05, 0.1) is 11.3 Å². The molecule has 0 radical (unpaired) electrons. The van der Waals surface area contributed by atoms with Crippen molar-refractivity contribution in [1.82, 2.24) is 4.98 Å². The predicted octanol–water partition coefficient (Wildman–Crippen LogP) is 3.22. The fourth-order valence-corrected chi connectivity index (χ4v) is 1.81. The molecule has 0 bridgehead atoms. The van der Waals surface area contributed by atoms with E-state index in [0.29, 0.717) is 11.3 Å². The summed E-state index contributed by atoms with van der Waals surface area (Å²) in [6.45, 7) is 5.53. The molecule has 19 heavy (non-hydrogen) atoms. The van der Waals surface area contributed by atoms with Gasteiger partial charge in [0.15, 0.2) is 0 Å². The fourth-order valence-electron chi connectivity index (χ4n) is 1.81. The Morgan fingerprint density at radius 3 is 2.63 bits per heavy atom. The Kier molecular flexibility index (Phi) is 3.34. The molecular formula is C15H18N2O2. The highest BCUT2D eigenvalue weighted by Gasteiger charge is 2.21. The molecule has 1 heterocycles. The largest absolute Gasteiger partial charge is 0.456 e. The van der Waals surface area contributed by atoms with Gasteiger partial charge in [0.1, 0.15) is 5.60 Å². The van der Waals surface area contributed by atoms with Crippen LogP contribution >= 0.6 is 0 Å². The van der Waals surface area contributed by atoms with E-state index < -0.39 is 5.60 Å². The second-order valence-corrected chi connectivity index (χ2v) is 5.39. The second-order valence-electron chi connectivity index (χ2n) is 5.39. The first-order chi connectivity index (χ1) is 8.87. The highest BCUT2D eigenvalue weighted by Crippen LogP contribution is 2.25. The van der Waals surface area contributed by atoms with Gasteiger partial charge in [-0.25, -0.2) is 4.79 Å². The zero-order valence-electron chi connectivity index (χ0n) is 11.4. The molecule has 4 heteroatoms. The molecule has 2 aromatic rings. The van der Waals surface area contributed by atoms with Crippen LogP contribution in [0.1, 0.15) is 31.1 Å². The van der Waals surface area contributed by atoms with Crippen molar-refractivity contribution in [3.63, 3.8) is 0 Å². The van der Waals surface area contributed by atoms with Crippen LogP contribution in [0.15, 0.2) is 36.5 Å². The quantitative estimate of drug-likeness (QED) is 0.642. The number of aromatic amines is 1. The minimum absolute atomic E-state index is 0.342. The summed E-state index contributed by atoms with van der Waals surface area (Å²) in [5.74, 6) is -0.342. The van der Waals surface area contributed by atoms with Crippen LogP contribution < -0.4 is 5.73 Å². The van der Waals surface area contributed by atoms with Gasteiger partial charge in [-0.05, 0) is 39.0 Å². The maximum absolute atomic E-state index is 12.1. The van der Waals surface area contributed by atoms with E-state index in [1.807, 2.05) is 39.0 Å². The Hall–Kier alpha value is -2.23. The molecule has 0 aliphatic heterocycles. The topological polar surface area (TPSA) is 68.1 Å². The van der Waals surface area contributed by atoms with Gasteiger partial charge >= 0.3 is 5.97 Å². The van der Waals surface area contributed by atoms with E-state index in [1.165, 1.54) is 0 Å². The number of hydrogen-bond donors (Lipinski definition) is 2. The monoisotopic (exact) mass is 258 g/mol. The molecule has 0 spiro atoms. The van der Waals surface area contributed by atoms with Gasteiger partial charge in [-0.15, -0.1) is 0 Å². The molecule has 0 amide bonds. The van der Waals surface area contributed by atoms with Crippen LogP contribution in [-0.2, 0) is 4.74 Å². The standard InChI is InChI=1S/C15H18N2O2/c1-15(2,3)19-14(18)12-7-8-17-13(12)10-5-4-6-11(16)9-10/h4-9,17H,16H2,1-3H3. The van der Waals surface area contributed by atoms with E-state index in [9.17, 15) is 4.79 Å². The van der Waals surface area contributed by atoms with Crippen molar-refractivity contribution >= 4 is 11.7 Å². The number of carbonyl (C=O) groups is 1. The van der Waals surface area contributed by atoms with Crippen LogP contribution in [0.4, 0.5) is 5.69 Å². The number of hydrogen-bond acceptors (Lipinski definition) is 3. The molecule has 4 nitrogen and oxygen atoms in total. The first-order valence-electron chi connectivity index (χ1n) is 6.13. The molecule has 2 rings (SSSR count). The number of ether oxygens (including phenoxy) is 1. The van der Waals surface area contributed by atoms with Gasteiger partial charge < -0.3 is 15.5 Å². The molecule has 0 saturated heterocycles. The van der Waals surface area contributed by atoms with Crippen molar-refractivity contribution in [2.45, 2.75) is 26.4 Å². The van der Waals surface area contributed by atoms with Crippen LogP contribution in [0.3, 0.4) is 0 Å². The van der Waals surface area contributed by atoms with E-state index in [4.69, 9.17) is 10.5 Å². The maximum Gasteiger partial charge on any atom is 0.340 e. The first kappa shape index (κ1) is 13.2. The summed E-state index contributed by atoms with van der Waals surface area (Å²) < 4.78 is 5.38. The van der Waals surface area contributed by atoms with Gasteiger partial charge in [0, 0.05) is 17.4 Å². The smallest absolute Gasteiger partial charge is 0.340 e. The molecule has 0 aliphatic carbocycles. The third kappa shape index (κ3) is 3.16. The summed E-state index contributed by atoms with van der Waals surface area (Å²) in [4.78, 5) is 15.2. The van der Waals surface area contributed by atoms with E-state index in [-0.39, 0.29) is 5.97 Å². The lowest BCUT2D eigenvalue weighted by atomic mass is 10.1. The minimum Gasteiger partial charge on any atom is -0.456 e. The van der Waals surface area contributed by atoms with Crippen LogP contribution in [0.5, 0.6) is 0 Å². The zero-order chi connectivity index (χ0) is 14.0. The van der Waals surface area contributed by atoms with Crippen molar-refractivity contribution in [3.8, 4) is 11.3 Å². The van der Waals surface area contributed by atoms with Crippen molar-refractivity contribution < 1.29 is 9.53 Å². The lowest BCUT2D eigenvalue weighted by Gasteiger charge is -2.19. The van der Waals surface area contributed by atoms with Gasteiger partial charge in [0.2, 0.25) is 0 Å². The first-order valence-corrected chi connectivity index (χ1v) is 6.13. The van der Waals surface area contributed by atoms with Crippen molar-refractivity contribution in [2.75, 3.05) is 5.73 Å². The van der Waals surface area contributed by atoms with E-state index >= 15 is 0 Å². The molecular weight excluding hydrogens is 240 g/mol. The van der Waals surface area contributed by atoms with Crippen LogP contribution in [0, 0.1) is 0 Å². The highest BCUT2D eigenvalue weighted by atomic mass is 16.6. The van der Waals surface area contributed by atoms with Gasteiger partial charge in [-0.2, -0.15) is 0 Å². The zero-order valence-corrected chi connectivity index (χ0v) is 11.4. The molecule has 0 unspecified atom stereocenters. The summed E-state index contributed by atoms with van der Waals surface area (Å²) >= 11 is 0. The molecule has 1 aromatic carbocycles. The lowest BCUT2D eigenvalue weighted by Crippen LogP contribution is -2.24. The minimum atomic E-state index is -0.513. The molecule has 0 aliphatic rings. The number of anilines is 1. The number of esters is 1. The molecule has 0 atom stereocenters. The molecule has 0 saturated carbocycles. The average Bonchev–Trinajstić information content (AvgIpc) is 2.75. The Morgan fingerprint density at radius 1 is 1.26 bits per heavy atom. The van der Waals surface area contributed by atoms with E-state index in [0.717, 1.165) is 11.3 Å². The number of H-pyrrole nitrogens is 1. The van der Waals surface area contributed by atoms with Gasteiger partial charge in [-0.3, -0.25) is 0 Å². The molecule has 100 valence electrons. The molecule has 0 fully saturated rings. The average molecular weight is 258 g/mol. The van der Waals surface area contributed by atoms with E-state index in [1.54, 1.807) is 18.3 Å². The van der Waals surface area contributed by atoms with Crippen molar-refractivity contribution in [2.24, 2.45) is 0 Å². The summed E-state index contributed by atoms with van der Waals surface area (Å²) in [6, 6.07) is 9.09. The van der Waals surface area contributed by atoms with Crippen LogP contribution in [0.2, 0.25) is 0 Å². The number of nitrogens with two attached hydrogens (primary N) is 1. The molecule has 1 aromatic heterocycles. The number of nitrogens with one attached hydrogen (secondary N) is 1. The Bertz CT molecular complexity index is 594. The normalized spacial score (nSPS) is 11.3. The number of aromatic nitrogens is 1. The highest BCUT2D eigenvalue weighted by molar-refractivity contribution is 5.96. The summed E-state index contributed by atoms with van der Waals surface area (Å²) in [7, 11) is 0. The Labute approximate surface area is 112 Å².